The summed E-state index contributed by atoms with van der Waals surface area (Å²) in [6, 6.07) is 15.6. The zero-order chi connectivity index (χ0) is 19.3. The number of carbonyl (C=O) groups is 2. The van der Waals surface area contributed by atoms with Crippen LogP contribution in [0.25, 0.3) is 22.8 Å². The summed E-state index contributed by atoms with van der Waals surface area (Å²) in [4.78, 5) is 28.8. The summed E-state index contributed by atoms with van der Waals surface area (Å²) in [5.74, 6) is 0.0334. The molecule has 2 heterocycles. The normalized spacial score (nSPS) is 16.8. The Morgan fingerprint density at radius 3 is 2.61 bits per heavy atom. The van der Waals surface area contributed by atoms with Gasteiger partial charge in [0.15, 0.2) is 5.78 Å². The summed E-state index contributed by atoms with van der Waals surface area (Å²) in [6.07, 6.45) is 4.14. The molecule has 0 saturated carbocycles. The number of Topliss-reactive ketones (excluding diaryl/α,β-unsaturated/α-hetero) is 1. The first-order chi connectivity index (χ1) is 13.6. The van der Waals surface area contributed by atoms with Crippen molar-refractivity contribution in [2.24, 2.45) is 0 Å². The predicted octanol–water partition coefficient (Wildman–Crippen LogP) is 5.46. The summed E-state index contributed by atoms with van der Waals surface area (Å²) < 4.78 is 0.915. The molecule has 28 heavy (non-hydrogen) atoms. The lowest BCUT2D eigenvalue weighted by atomic mass is 9.90. The molecule has 5 heteroatoms. The Kier molecular flexibility index (Phi) is 4.05. The molecule has 2 aromatic carbocycles. The number of anilines is 1. The van der Waals surface area contributed by atoms with Gasteiger partial charge in [0.2, 0.25) is 0 Å². The molecule has 0 atom stereocenters. The first kappa shape index (κ1) is 17.2. The zero-order valence-corrected chi connectivity index (χ0v) is 16.6. The molecule has 0 unspecified atom stereocenters. The predicted molar refractivity (Wildman–Crippen MR) is 114 cm³/mol. The highest BCUT2D eigenvalue weighted by Crippen LogP contribution is 2.39. The van der Waals surface area contributed by atoms with Crippen molar-refractivity contribution in [1.29, 1.82) is 0 Å². The molecule has 0 fully saturated rings. The number of fused-ring (bicyclic) bond motifs is 2. The Labute approximate surface area is 170 Å². The Bertz CT molecular complexity index is 1160. The number of benzene rings is 2. The summed E-state index contributed by atoms with van der Waals surface area (Å²) in [5, 5.41) is 2.92. The van der Waals surface area contributed by atoms with Gasteiger partial charge in [-0.2, -0.15) is 0 Å². The van der Waals surface area contributed by atoms with Gasteiger partial charge in [-0.15, -0.1) is 0 Å². The van der Waals surface area contributed by atoms with Crippen LogP contribution in [-0.4, -0.2) is 16.7 Å². The molecule has 1 amide bonds. The van der Waals surface area contributed by atoms with Crippen LogP contribution in [0.5, 0.6) is 0 Å². The van der Waals surface area contributed by atoms with Crippen LogP contribution in [-0.2, 0) is 11.2 Å². The molecule has 0 radical (unpaired) electrons. The minimum Gasteiger partial charge on any atom is -0.358 e. The summed E-state index contributed by atoms with van der Waals surface area (Å²) in [6.45, 7) is 0. The molecule has 4 nitrogen and oxygen atoms in total. The highest BCUT2D eigenvalue weighted by Gasteiger charge is 2.29. The number of ketones is 1. The fraction of sp³-hybridized carbons (Fsp3) is 0.130. The van der Waals surface area contributed by atoms with Crippen molar-refractivity contribution in [3.63, 3.8) is 0 Å². The fourth-order valence-electron chi connectivity index (χ4n) is 4.08. The number of rotatable bonds is 2. The second-order valence-corrected chi connectivity index (χ2v) is 8.03. The van der Waals surface area contributed by atoms with E-state index < -0.39 is 0 Å². The molecule has 1 aromatic heterocycles. The van der Waals surface area contributed by atoms with Crippen LogP contribution in [0.3, 0.4) is 0 Å². The molecular weight excluding hydrogens is 416 g/mol. The van der Waals surface area contributed by atoms with E-state index in [4.69, 9.17) is 0 Å². The summed E-state index contributed by atoms with van der Waals surface area (Å²) in [7, 11) is 0. The van der Waals surface area contributed by atoms with Crippen molar-refractivity contribution >= 4 is 45.0 Å². The van der Waals surface area contributed by atoms with E-state index in [1.807, 2.05) is 54.6 Å². The van der Waals surface area contributed by atoms with Crippen LogP contribution in [0, 0.1) is 0 Å². The third-order valence-electron chi connectivity index (χ3n) is 5.33. The van der Waals surface area contributed by atoms with Crippen molar-refractivity contribution in [3.8, 4) is 11.1 Å². The minimum atomic E-state index is -0.133. The summed E-state index contributed by atoms with van der Waals surface area (Å²) in [5.41, 5.74) is 6.68. The van der Waals surface area contributed by atoms with Crippen LogP contribution < -0.4 is 5.32 Å². The smallest absolute Gasteiger partial charge is 0.256 e. The molecular formula is C23H17BrN2O2. The number of nitrogens with one attached hydrogen (secondary N) is 2. The van der Waals surface area contributed by atoms with Crippen molar-refractivity contribution in [1.82, 2.24) is 4.98 Å². The molecule has 2 N–H and O–H groups in total. The van der Waals surface area contributed by atoms with Gasteiger partial charge < -0.3 is 10.3 Å². The molecule has 2 aliphatic rings. The monoisotopic (exact) mass is 432 g/mol. The highest BCUT2D eigenvalue weighted by molar-refractivity contribution is 9.10. The van der Waals surface area contributed by atoms with Crippen LogP contribution in [0.2, 0.25) is 0 Å². The third-order valence-corrected chi connectivity index (χ3v) is 5.83. The number of amides is 1. The van der Waals surface area contributed by atoms with E-state index in [9.17, 15) is 9.59 Å². The number of aromatic nitrogens is 1. The maximum absolute atomic E-state index is 12.7. The Hall–Kier alpha value is -2.92. The van der Waals surface area contributed by atoms with Crippen LogP contribution in [0.15, 0.2) is 53.0 Å². The standard InChI is InChI=1S/C23H17BrN2O2/c24-14-9-10-17-15(11-14)16(23(28)26-17)12-19-21(13-5-2-1-3-6-13)22-18(25-19)7-4-8-20(22)27/h1-3,5-6,9-12,25H,4,7-8H2,(H,26,28)/b16-12-. The number of aryl methyl sites for hydroxylation is 1. The molecule has 0 bridgehead atoms. The van der Waals surface area contributed by atoms with Gasteiger partial charge in [0.25, 0.3) is 5.91 Å². The lowest BCUT2D eigenvalue weighted by Crippen LogP contribution is -2.09. The van der Waals surface area contributed by atoms with Crippen molar-refractivity contribution in [2.45, 2.75) is 19.3 Å². The van der Waals surface area contributed by atoms with Crippen molar-refractivity contribution in [3.05, 3.63) is 75.5 Å². The first-order valence-corrected chi connectivity index (χ1v) is 10.1. The van der Waals surface area contributed by atoms with Crippen molar-refractivity contribution in [2.75, 3.05) is 5.32 Å². The second-order valence-electron chi connectivity index (χ2n) is 7.11. The highest BCUT2D eigenvalue weighted by atomic mass is 79.9. The van der Waals surface area contributed by atoms with Gasteiger partial charge in [0.1, 0.15) is 0 Å². The van der Waals surface area contributed by atoms with Gasteiger partial charge in [0.05, 0.1) is 5.57 Å². The van der Waals surface area contributed by atoms with E-state index in [1.54, 1.807) is 0 Å². The van der Waals surface area contributed by atoms with E-state index >= 15 is 0 Å². The number of carbonyl (C=O) groups excluding carboxylic acids is 2. The van der Waals surface area contributed by atoms with E-state index in [2.05, 4.69) is 26.2 Å². The average molecular weight is 433 g/mol. The Morgan fingerprint density at radius 2 is 1.79 bits per heavy atom. The third kappa shape index (κ3) is 2.74. The largest absolute Gasteiger partial charge is 0.358 e. The average Bonchev–Trinajstić information content (AvgIpc) is 3.21. The van der Waals surface area contributed by atoms with Gasteiger partial charge in [-0.3, -0.25) is 9.59 Å². The van der Waals surface area contributed by atoms with Crippen molar-refractivity contribution < 1.29 is 9.59 Å². The SMILES string of the molecule is O=C1Nc2ccc(Br)cc2/C1=C/c1[nH]c2c(c1-c1ccccc1)C(=O)CCC2. The van der Waals surface area contributed by atoms with E-state index in [0.717, 1.165) is 56.6 Å². The topological polar surface area (TPSA) is 62.0 Å². The second kappa shape index (κ2) is 6.60. The van der Waals surface area contributed by atoms with Crippen LogP contribution >= 0.6 is 15.9 Å². The molecule has 0 spiro atoms. The van der Waals surface area contributed by atoms with Crippen LogP contribution in [0.1, 0.15) is 40.2 Å². The van der Waals surface area contributed by atoms with Gasteiger partial charge >= 0.3 is 0 Å². The number of hydrogen-bond donors (Lipinski definition) is 2. The quantitative estimate of drug-likeness (QED) is 0.528. The maximum Gasteiger partial charge on any atom is 0.256 e. The van der Waals surface area contributed by atoms with E-state index in [0.29, 0.717) is 12.0 Å². The lowest BCUT2D eigenvalue weighted by Gasteiger charge is -2.12. The lowest BCUT2D eigenvalue weighted by molar-refractivity contribution is -0.110. The summed E-state index contributed by atoms with van der Waals surface area (Å²) >= 11 is 3.48. The number of hydrogen-bond acceptors (Lipinski definition) is 2. The first-order valence-electron chi connectivity index (χ1n) is 9.28. The number of H-pyrrole nitrogens is 1. The molecule has 3 aromatic rings. The fourth-order valence-corrected chi connectivity index (χ4v) is 4.44. The number of halogens is 1. The molecule has 5 rings (SSSR count). The molecule has 1 aliphatic carbocycles. The van der Waals surface area contributed by atoms with Gasteiger partial charge in [-0.25, -0.2) is 0 Å². The minimum absolute atomic E-state index is 0.133. The van der Waals surface area contributed by atoms with Gasteiger partial charge in [-0.05, 0) is 42.7 Å². The van der Waals surface area contributed by atoms with Gasteiger partial charge in [0, 0.05) is 44.7 Å². The number of aromatic amines is 1. The van der Waals surface area contributed by atoms with Crippen LogP contribution in [0.4, 0.5) is 5.69 Å². The Morgan fingerprint density at radius 1 is 0.964 bits per heavy atom. The maximum atomic E-state index is 12.7. The molecule has 138 valence electrons. The zero-order valence-electron chi connectivity index (χ0n) is 15.0. The Balaban J connectivity index is 1.74. The van der Waals surface area contributed by atoms with E-state index in [1.165, 1.54) is 0 Å². The molecule has 1 aliphatic heterocycles. The van der Waals surface area contributed by atoms with E-state index in [-0.39, 0.29) is 11.7 Å². The molecule has 0 saturated heterocycles. The van der Waals surface area contributed by atoms with Gasteiger partial charge in [-0.1, -0.05) is 46.3 Å².